The van der Waals surface area contributed by atoms with Gasteiger partial charge < -0.3 is 10.4 Å². The van der Waals surface area contributed by atoms with E-state index in [2.05, 4.69) is 27.2 Å². The van der Waals surface area contributed by atoms with Crippen molar-refractivity contribution in [3.05, 3.63) is 28.2 Å². The van der Waals surface area contributed by atoms with Crippen LogP contribution in [0.5, 0.6) is 0 Å². The van der Waals surface area contributed by atoms with Gasteiger partial charge in [-0.3, -0.25) is 0 Å². The number of anilines is 1. The van der Waals surface area contributed by atoms with Crippen LogP contribution in [-0.2, 0) is 4.79 Å². The molecule has 0 aliphatic heterocycles. The quantitative estimate of drug-likeness (QED) is 0.835. The Labute approximate surface area is 107 Å². The monoisotopic (exact) mass is 292 g/mol. The molecule has 4 nitrogen and oxygen atoms in total. The summed E-state index contributed by atoms with van der Waals surface area (Å²) in [7, 11) is 0. The highest BCUT2D eigenvalue weighted by molar-refractivity contribution is 9.10. The van der Waals surface area contributed by atoms with Gasteiger partial charge in [-0.25, -0.2) is 4.79 Å². The molecule has 1 unspecified atom stereocenters. The second kappa shape index (κ2) is 5.93. The molecule has 0 aromatic heterocycles. The van der Waals surface area contributed by atoms with E-state index >= 15 is 0 Å². The lowest BCUT2D eigenvalue weighted by Gasteiger charge is -2.14. The number of carboxylic acid groups (broad SMARTS) is 1. The molecule has 0 spiro atoms. The number of nitriles is 1. The van der Waals surface area contributed by atoms with Crippen molar-refractivity contribution in [1.29, 1.82) is 5.26 Å². The Kier molecular flexibility index (Phi) is 4.56. The Hall–Kier alpha value is -1.98. The fraction of sp³-hybridized carbons (Fsp3) is 0.167. The normalized spacial score (nSPS) is 11.0. The summed E-state index contributed by atoms with van der Waals surface area (Å²) in [5.41, 5.74) is 0.820. The predicted octanol–water partition coefficient (Wildman–Crippen LogP) is 2.21. The molecule has 5 heteroatoms. The fourth-order valence-corrected chi connectivity index (χ4v) is 1.60. The van der Waals surface area contributed by atoms with Crippen molar-refractivity contribution < 1.29 is 9.90 Å². The minimum Gasteiger partial charge on any atom is -0.480 e. The molecule has 0 saturated carbocycles. The van der Waals surface area contributed by atoms with Gasteiger partial charge in [-0.05, 0) is 18.2 Å². The maximum atomic E-state index is 10.9. The summed E-state index contributed by atoms with van der Waals surface area (Å²) in [6.45, 7) is 0. The Balaban J connectivity index is 2.98. The standard InChI is InChI=1S/C12H9BrN2O2/c1-2-3-11(12(16)17)15-10-5-4-9(13)6-8(10)7-14/h1,4-6,11,15H,3H2,(H,16,17). The third-order valence-electron chi connectivity index (χ3n) is 2.05. The number of carbonyl (C=O) groups is 1. The Morgan fingerprint density at radius 3 is 2.88 bits per heavy atom. The van der Waals surface area contributed by atoms with Crippen LogP contribution >= 0.6 is 15.9 Å². The zero-order valence-corrected chi connectivity index (χ0v) is 10.4. The van der Waals surface area contributed by atoms with Crippen LogP contribution in [0.4, 0.5) is 5.69 Å². The molecule has 0 saturated heterocycles. The Morgan fingerprint density at radius 1 is 1.65 bits per heavy atom. The maximum Gasteiger partial charge on any atom is 0.327 e. The molecule has 0 aliphatic rings. The molecule has 0 aliphatic carbocycles. The smallest absolute Gasteiger partial charge is 0.327 e. The van der Waals surface area contributed by atoms with Crippen LogP contribution in [0.25, 0.3) is 0 Å². The van der Waals surface area contributed by atoms with Crippen LogP contribution in [0.15, 0.2) is 22.7 Å². The van der Waals surface area contributed by atoms with Crippen molar-refractivity contribution in [2.24, 2.45) is 0 Å². The first-order valence-electron chi connectivity index (χ1n) is 4.71. The fourth-order valence-electron chi connectivity index (χ4n) is 1.24. The van der Waals surface area contributed by atoms with Crippen molar-refractivity contribution in [3.63, 3.8) is 0 Å². The van der Waals surface area contributed by atoms with Crippen molar-refractivity contribution in [2.45, 2.75) is 12.5 Å². The van der Waals surface area contributed by atoms with Crippen LogP contribution in [0.3, 0.4) is 0 Å². The molecule has 1 rings (SSSR count). The van der Waals surface area contributed by atoms with Crippen molar-refractivity contribution in [1.82, 2.24) is 0 Å². The highest BCUT2D eigenvalue weighted by Crippen LogP contribution is 2.21. The molecule has 0 bridgehead atoms. The summed E-state index contributed by atoms with van der Waals surface area (Å²) in [5.74, 6) is 1.24. The Bertz CT molecular complexity index is 514. The van der Waals surface area contributed by atoms with Gasteiger partial charge in [-0.2, -0.15) is 5.26 Å². The molecule has 17 heavy (non-hydrogen) atoms. The molecule has 1 aromatic carbocycles. The largest absolute Gasteiger partial charge is 0.480 e. The lowest BCUT2D eigenvalue weighted by atomic mass is 10.1. The van der Waals surface area contributed by atoms with Crippen LogP contribution in [0, 0.1) is 23.7 Å². The van der Waals surface area contributed by atoms with E-state index in [1.54, 1.807) is 18.2 Å². The van der Waals surface area contributed by atoms with E-state index in [0.29, 0.717) is 11.3 Å². The lowest BCUT2D eigenvalue weighted by Crippen LogP contribution is -2.29. The van der Waals surface area contributed by atoms with Gasteiger partial charge >= 0.3 is 5.97 Å². The van der Waals surface area contributed by atoms with Gasteiger partial charge in [0.1, 0.15) is 12.1 Å². The molecule has 1 aromatic rings. The van der Waals surface area contributed by atoms with E-state index in [-0.39, 0.29) is 6.42 Å². The number of carboxylic acids is 1. The topological polar surface area (TPSA) is 73.1 Å². The summed E-state index contributed by atoms with van der Waals surface area (Å²) in [6.07, 6.45) is 5.14. The predicted molar refractivity (Wildman–Crippen MR) is 67.4 cm³/mol. The third kappa shape index (κ3) is 3.51. The van der Waals surface area contributed by atoms with Crippen LogP contribution in [0.1, 0.15) is 12.0 Å². The average molecular weight is 293 g/mol. The van der Waals surface area contributed by atoms with Gasteiger partial charge in [0.25, 0.3) is 0 Å². The first-order valence-corrected chi connectivity index (χ1v) is 5.50. The van der Waals surface area contributed by atoms with Gasteiger partial charge in [-0.1, -0.05) is 15.9 Å². The maximum absolute atomic E-state index is 10.9. The van der Waals surface area contributed by atoms with E-state index in [0.717, 1.165) is 4.47 Å². The molecular formula is C12H9BrN2O2. The third-order valence-corrected chi connectivity index (χ3v) is 2.55. The minimum atomic E-state index is -1.05. The summed E-state index contributed by atoms with van der Waals surface area (Å²) in [6, 6.07) is 6.05. The van der Waals surface area contributed by atoms with Crippen LogP contribution in [0.2, 0.25) is 0 Å². The molecule has 0 radical (unpaired) electrons. The van der Waals surface area contributed by atoms with Crippen molar-refractivity contribution in [2.75, 3.05) is 5.32 Å². The molecule has 1 atom stereocenters. The SMILES string of the molecule is C#CCC(Nc1ccc(Br)cc1C#N)C(=O)O. The zero-order chi connectivity index (χ0) is 12.8. The van der Waals surface area contributed by atoms with Gasteiger partial charge in [0.15, 0.2) is 0 Å². The van der Waals surface area contributed by atoms with E-state index in [4.69, 9.17) is 16.8 Å². The van der Waals surface area contributed by atoms with Crippen molar-refractivity contribution >= 4 is 27.6 Å². The summed E-state index contributed by atoms with van der Waals surface area (Å²) >= 11 is 3.24. The summed E-state index contributed by atoms with van der Waals surface area (Å²) < 4.78 is 0.753. The highest BCUT2D eigenvalue weighted by atomic mass is 79.9. The highest BCUT2D eigenvalue weighted by Gasteiger charge is 2.17. The van der Waals surface area contributed by atoms with Gasteiger partial charge in [0, 0.05) is 10.9 Å². The number of nitrogens with one attached hydrogen (secondary N) is 1. The van der Waals surface area contributed by atoms with Crippen molar-refractivity contribution in [3.8, 4) is 18.4 Å². The summed E-state index contributed by atoms with van der Waals surface area (Å²) in [4.78, 5) is 10.9. The average Bonchev–Trinajstić information content (AvgIpc) is 2.30. The second-order valence-corrected chi connectivity index (χ2v) is 4.16. The zero-order valence-electron chi connectivity index (χ0n) is 8.77. The number of rotatable bonds is 4. The first-order chi connectivity index (χ1) is 8.08. The lowest BCUT2D eigenvalue weighted by molar-refractivity contribution is -0.137. The minimum absolute atomic E-state index is 0.0519. The molecule has 0 fully saturated rings. The number of nitrogens with zero attached hydrogens (tertiary/aromatic N) is 1. The van der Waals surface area contributed by atoms with Crippen LogP contribution < -0.4 is 5.32 Å². The second-order valence-electron chi connectivity index (χ2n) is 3.25. The number of halogens is 1. The van der Waals surface area contributed by atoms with E-state index in [1.807, 2.05) is 6.07 Å². The van der Waals surface area contributed by atoms with E-state index in [9.17, 15) is 4.79 Å². The van der Waals surface area contributed by atoms with Gasteiger partial charge in [0.05, 0.1) is 11.3 Å². The number of benzene rings is 1. The molecular weight excluding hydrogens is 284 g/mol. The molecule has 0 heterocycles. The molecule has 2 N–H and O–H groups in total. The number of aliphatic carboxylic acids is 1. The Morgan fingerprint density at radius 2 is 2.35 bits per heavy atom. The first kappa shape index (κ1) is 13.1. The van der Waals surface area contributed by atoms with Gasteiger partial charge in [0.2, 0.25) is 0 Å². The number of hydrogen-bond acceptors (Lipinski definition) is 3. The van der Waals surface area contributed by atoms with E-state index < -0.39 is 12.0 Å². The van der Waals surface area contributed by atoms with Crippen LogP contribution in [-0.4, -0.2) is 17.1 Å². The number of hydrogen-bond donors (Lipinski definition) is 2. The molecule has 0 amide bonds. The van der Waals surface area contributed by atoms with E-state index in [1.165, 1.54) is 0 Å². The molecule has 86 valence electrons. The number of terminal acetylenes is 1. The summed E-state index contributed by atoms with van der Waals surface area (Å²) in [5, 5.41) is 20.6. The van der Waals surface area contributed by atoms with Gasteiger partial charge in [-0.15, -0.1) is 12.3 Å².